The standard InChI is InChI=1S/C12H19N3O.2ClH/c1-10(11-6-3-4-9-14-11)15-12(16)7-5-8-13-2;;/h3-4,6,9-10,13H,5,7-8H2,1-2H3,(H,15,16);2*1H. The van der Waals surface area contributed by atoms with E-state index in [1.54, 1.807) is 6.20 Å². The van der Waals surface area contributed by atoms with Gasteiger partial charge < -0.3 is 10.6 Å². The van der Waals surface area contributed by atoms with Crippen LogP contribution in [0.5, 0.6) is 0 Å². The molecule has 104 valence electrons. The minimum Gasteiger partial charge on any atom is -0.348 e. The number of nitrogens with one attached hydrogen (secondary N) is 2. The molecule has 0 radical (unpaired) electrons. The number of carbonyl (C=O) groups excluding carboxylic acids is 1. The van der Waals surface area contributed by atoms with Crippen LogP contribution in [0.2, 0.25) is 0 Å². The molecular weight excluding hydrogens is 273 g/mol. The van der Waals surface area contributed by atoms with Crippen LogP contribution in [-0.4, -0.2) is 24.5 Å². The van der Waals surface area contributed by atoms with E-state index in [2.05, 4.69) is 15.6 Å². The van der Waals surface area contributed by atoms with Crippen LogP contribution in [0.1, 0.15) is 31.5 Å². The van der Waals surface area contributed by atoms with Gasteiger partial charge in [0, 0.05) is 12.6 Å². The Balaban J connectivity index is 0. The summed E-state index contributed by atoms with van der Waals surface area (Å²) >= 11 is 0. The van der Waals surface area contributed by atoms with E-state index in [-0.39, 0.29) is 36.8 Å². The summed E-state index contributed by atoms with van der Waals surface area (Å²) in [6.45, 7) is 2.81. The molecule has 0 spiro atoms. The van der Waals surface area contributed by atoms with Gasteiger partial charge in [0.25, 0.3) is 0 Å². The fourth-order valence-corrected chi connectivity index (χ4v) is 1.45. The van der Waals surface area contributed by atoms with E-state index in [0.29, 0.717) is 6.42 Å². The van der Waals surface area contributed by atoms with E-state index in [1.807, 2.05) is 32.2 Å². The van der Waals surface area contributed by atoms with E-state index < -0.39 is 0 Å². The lowest BCUT2D eigenvalue weighted by atomic mass is 10.2. The lowest BCUT2D eigenvalue weighted by Crippen LogP contribution is -2.27. The average Bonchev–Trinajstić information content (AvgIpc) is 2.30. The van der Waals surface area contributed by atoms with E-state index in [1.165, 1.54) is 0 Å². The number of aromatic nitrogens is 1. The number of carbonyl (C=O) groups is 1. The van der Waals surface area contributed by atoms with Crippen molar-refractivity contribution < 1.29 is 4.79 Å². The highest BCUT2D eigenvalue weighted by Gasteiger charge is 2.09. The maximum Gasteiger partial charge on any atom is 0.220 e. The first-order valence-corrected chi connectivity index (χ1v) is 5.59. The van der Waals surface area contributed by atoms with Crippen molar-refractivity contribution in [2.24, 2.45) is 0 Å². The van der Waals surface area contributed by atoms with E-state index in [9.17, 15) is 4.79 Å². The highest BCUT2D eigenvalue weighted by Crippen LogP contribution is 2.07. The molecule has 0 aliphatic carbocycles. The number of hydrogen-bond donors (Lipinski definition) is 2. The van der Waals surface area contributed by atoms with Crippen LogP contribution in [0, 0.1) is 0 Å². The van der Waals surface area contributed by atoms with Gasteiger partial charge in [0.15, 0.2) is 0 Å². The molecule has 1 aromatic rings. The first-order valence-electron chi connectivity index (χ1n) is 5.59. The van der Waals surface area contributed by atoms with Gasteiger partial charge in [-0.3, -0.25) is 9.78 Å². The molecule has 0 aliphatic heterocycles. The lowest BCUT2D eigenvalue weighted by molar-refractivity contribution is -0.121. The second kappa shape index (κ2) is 11.3. The lowest BCUT2D eigenvalue weighted by Gasteiger charge is -2.13. The normalized spacial score (nSPS) is 10.8. The largest absolute Gasteiger partial charge is 0.348 e. The molecule has 18 heavy (non-hydrogen) atoms. The van der Waals surface area contributed by atoms with E-state index >= 15 is 0 Å². The van der Waals surface area contributed by atoms with Crippen LogP contribution in [0.15, 0.2) is 24.4 Å². The second-order valence-corrected chi connectivity index (χ2v) is 3.75. The third-order valence-corrected chi connectivity index (χ3v) is 2.34. The molecule has 1 rings (SSSR count). The highest BCUT2D eigenvalue weighted by molar-refractivity contribution is 5.85. The molecule has 0 saturated heterocycles. The Kier molecular flexibility index (Phi) is 12.2. The monoisotopic (exact) mass is 293 g/mol. The van der Waals surface area contributed by atoms with E-state index in [4.69, 9.17) is 0 Å². The smallest absolute Gasteiger partial charge is 0.220 e. The predicted octanol–water partition coefficient (Wildman–Crippen LogP) is 2.10. The summed E-state index contributed by atoms with van der Waals surface area (Å²) in [7, 11) is 1.88. The molecule has 2 N–H and O–H groups in total. The third kappa shape index (κ3) is 7.48. The number of amides is 1. The maximum atomic E-state index is 11.5. The van der Waals surface area contributed by atoms with E-state index in [0.717, 1.165) is 18.7 Å². The summed E-state index contributed by atoms with van der Waals surface area (Å²) in [6, 6.07) is 5.68. The molecule has 1 aromatic heterocycles. The topological polar surface area (TPSA) is 54.0 Å². The molecule has 0 fully saturated rings. The minimum absolute atomic E-state index is 0. The van der Waals surface area contributed by atoms with Gasteiger partial charge in [0.2, 0.25) is 5.91 Å². The SMILES string of the molecule is CNCCCC(=O)NC(C)c1ccccn1.Cl.Cl. The summed E-state index contributed by atoms with van der Waals surface area (Å²) < 4.78 is 0. The van der Waals surface area contributed by atoms with Crippen molar-refractivity contribution >= 4 is 30.7 Å². The summed E-state index contributed by atoms with van der Waals surface area (Å²) in [5.74, 6) is 0.0772. The van der Waals surface area contributed by atoms with Crippen LogP contribution in [0.25, 0.3) is 0 Å². The van der Waals surface area contributed by atoms with Crippen molar-refractivity contribution in [2.75, 3.05) is 13.6 Å². The van der Waals surface area contributed by atoms with Gasteiger partial charge >= 0.3 is 0 Å². The quantitative estimate of drug-likeness (QED) is 0.790. The fraction of sp³-hybridized carbons (Fsp3) is 0.500. The van der Waals surface area contributed by atoms with Crippen LogP contribution >= 0.6 is 24.8 Å². The zero-order chi connectivity index (χ0) is 11.8. The van der Waals surface area contributed by atoms with Gasteiger partial charge in [-0.2, -0.15) is 0 Å². The number of halogens is 2. The van der Waals surface area contributed by atoms with Crippen molar-refractivity contribution in [3.8, 4) is 0 Å². The van der Waals surface area contributed by atoms with Crippen molar-refractivity contribution in [1.82, 2.24) is 15.6 Å². The highest BCUT2D eigenvalue weighted by atomic mass is 35.5. The molecule has 1 unspecified atom stereocenters. The molecule has 0 aromatic carbocycles. The number of rotatable bonds is 6. The van der Waals surface area contributed by atoms with Gasteiger partial charge in [-0.05, 0) is 39.1 Å². The fourth-order valence-electron chi connectivity index (χ4n) is 1.45. The van der Waals surface area contributed by atoms with Crippen molar-refractivity contribution in [1.29, 1.82) is 0 Å². The van der Waals surface area contributed by atoms with Crippen LogP contribution in [-0.2, 0) is 4.79 Å². The molecule has 0 saturated carbocycles. The Morgan fingerprint density at radius 2 is 2.11 bits per heavy atom. The Hall–Kier alpha value is -0.840. The van der Waals surface area contributed by atoms with Crippen molar-refractivity contribution in [3.63, 3.8) is 0 Å². The summed E-state index contributed by atoms with van der Waals surface area (Å²) in [5.41, 5.74) is 0.893. The van der Waals surface area contributed by atoms with Gasteiger partial charge in [-0.25, -0.2) is 0 Å². The first-order chi connectivity index (χ1) is 7.74. The Bertz CT molecular complexity index is 322. The number of pyridine rings is 1. The van der Waals surface area contributed by atoms with Gasteiger partial charge in [0.1, 0.15) is 0 Å². The van der Waals surface area contributed by atoms with Gasteiger partial charge in [-0.15, -0.1) is 24.8 Å². The van der Waals surface area contributed by atoms with Crippen LogP contribution in [0.3, 0.4) is 0 Å². The third-order valence-electron chi connectivity index (χ3n) is 2.34. The molecule has 4 nitrogen and oxygen atoms in total. The summed E-state index contributed by atoms with van der Waals surface area (Å²) in [4.78, 5) is 15.7. The Morgan fingerprint density at radius 3 is 2.67 bits per heavy atom. The molecule has 0 aliphatic rings. The van der Waals surface area contributed by atoms with Crippen LogP contribution < -0.4 is 10.6 Å². The van der Waals surface area contributed by atoms with Gasteiger partial charge in [-0.1, -0.05) is 6.07 Å². The molecule has 1 heterocycles. The molecule has 1 atom stereocenters. The molecular formula is C12H21Cl2N3O. The Morgan fingerprint density at radius 1 is 1.39 bits per heavy atom. The number of nitrogens with zero attached hydrogens (tertiary/aromatic N) is 1. The number of hydrogen-bond acceptors (Lipinski definition) is 3. The van der Waals surface area contributed by atoms with Crippen molar-refractivity contribution in [2.45, 2.75) is 25.8 Å². The maximum absolute atomic E-state index is 11.5. The molecule has 6 heteroatoms. The minimum atomic E-state index is -0.0247. The molecule has 0 bridgehead atoms. The van der Waals surface area contributed by atoms with Crippen molar-refractivity contribution in [3.05, 3.63) is 30.1 Å². The van der Waals surface area contributed by atoms with Gasteiger partial charge in [0.05, 0.1) is 11.7 Å². The zero-order valence-corrected chi connectivity index (χ0v) is 12.3. The zero-order valence-electron chi connectivity index (χ0n) is 10.7. The predicted molar refractivity (Wildman–Crippen MR) is 78.5 cm³/mol. The average molecular weight is 294 g/mol. The first kappa shape index (κ1) is 19.5. The summed E-state index contributed by atoms with van der Waals surface area (Å²) in [6.07, 6.45) is 3.15. The second-order valence-electron chi connectivity index (χ2n) is 3.75. The Labute approximate surface area is 121 Å². The molecule has 1 amide bonds. The van der Waals surface area contributed by atoms with Crippen LogP contribution in [0.4, 0.5) is 0 Å². The summed E-state index contributed by atoms with van der Waals surface area (Å²) in [5, 5.41) is 5.94.